The Bertz CT molecular complexity index is 554. The molecule has 1 aromatic carbocycles. The van der Waals surface area contributed by atoms with Crippen molar-refractivity contribution in [3.63, 3.8) is 0 Å². The van der Waals surface area contributed by atoms with Gasteiger partial charge in [-0.3, -0.25) is 0 Å². The van der Waals surface area contributed by atoms with Gasteiger partial charge < -0.3 is 19.7 Å². The van der Waals surface area contributed by atoms with Crippen molar-refractivity contribution in [2.75, 3.05) is 20.0 Å². The van der Waals surface area contributed by atoms with Crippen LogP contribution in [0.3, 0.4) is 0 Å². The maximum Gasteiger partial charge on any atom is 0.222 e. The van der Waals surface area contributed by atoms with Gasteiger partial charge in [-0.25, -0.2) is 4.39 Å². The first-order chi connectivity index (χ1) is 8.65. The first-order valence-electron chi connectivity index (χ1n) is 5.23. The van der Waals surface area contributed by atoms with Gasteiger partial charge in [0.05, 0.1) is 13.7 Å². The molecule has 0 atom stereocenters. The Balaban J connectivity index is 2.54. The van der Waals surface area contributed by atoms with Gasteiger partial charge in [-0.1, -0.05) is 5.16 Å². The van der Waals surface area contributed by atoms with Gasteiger partial charge in [-0.15, -0.1) is 0 Å². The van der Waals surface area contributed by atoms with Gasteiger partial charge >= 0.3 is 0 Å². The SMILES string of the molecule is COCc1cc(OC)c(F)cc1-c1cc(N)on1. The number of anilines is 1. The lowest BCUT2D eigenvalue weighted by atomic mass is 10.0. The molecule has 0 amide bonds. The molecule has 0 aliphatic carbocycles. The summed E-state index contributed by atoms with van der Waals surface area (Å²) in [6.45, 7) is 0.304. The van der Waals surface area contributed by atoms with Crippen molar-refractivity contribution in [2.24, 2.45) is 0 Å². The van der Waals surface area contributed by atoms with Crippen LogP contribution in [-0.4, -0.2) is 19.4 Å². The molecule has 0 spiro atoms. The number of halogens is 1. The van der Waals surface area contributed by atoms with Gasteiger partial charge in [0.15, 0.2) is 11.6 Å². The largest absolute Gasteiger partial charge is 0.494 e. The van der Waals surface area contributed by atoms with E-state index in [1.165, 1.54) is 19.2 Å². The van der Waals surface area contributed by atoms with Gasteiger partial charge in [0.1, 0.15) is 5.69 Å². The molecule has 6 heteroatoms. The zero-order chi connectivity index (χ0) is 13.1. The van der Waals surface area contributed by atoms with Crippen LogP contribution in [0.1, 0.15) is 5.56 Å². The normalized spacial score (nSPS) is 10.6. The Hall–Kier alpha value is -2.08. The minimum atomic E-state index is -0.478. The summed E-state index contributed by atoms with van der Waals surface area (Å²) in [6.07, 6.45) is 0. The number of benzene rings is 1. The Labute approximate surface area is 103 Å². The maximum absolute atomic E-state index is 13.7. The Morgan fingerprint density at radius 1 is 1.33 bits per heavy atom. The van der Waals surface area contributed by atoms with E-state index in [2.05, 4.69) is 5.16 Å². The number of aromatic nitrogens is 1. The predicted molar refractivity (Wildman–Crippen MR) is 63.6 cm³/mol. The summed E-state index contributed by atoms with van der Waals surface area (Å²) in [5.74, 6) is -0.152. The third-order valence-corrected chi connectivity index (χ3v) is 2.48. The number of hydrogen-bond donors (Lipinski definition) is 1. The van der Waals surface area contributed by atoms with Crippen molar-refractivity contribution in [1.29, 1.82) is 0 Å². The lowest BCUT2D eigenvalue weighted by Gasteiger charge is -2.09. The molecular formula is C12H13FN2O3. The second kappa shape index (κ2) is 5.05. The summed E-state index contributed by atoms with van der Waals surface area (Å²) >= 11 is 0. The van der Waals surface area contributed by atoms with Gasteiger partial charge in [0.25, 0.3) is 0 Å². The van der Waals surface area contributed by atoms with Crippen LogP contribution >= 0.6 is 0 Å². The third-order valence-electron chi connectivity index (χ3n) is 2.48. The molecule has 0 fully saturated rings. The third kappa shape index (κ3) is 2.28. The molecule has 0 saturated carbocycles. The molecule has 1 aromatic heterocycles. The quantitative estimate of drug-likeness (QED) is 0.903. The highest BCUT2D eigenvalue weighted by Crippen LogP contribution is 2.30. The van der Waals surface area contributed by atoms with Crippen molar-refractivity contribution in [2.45, 2.75) is 6.61 Å². The van der Waals surface area contributed by atoms with Crippen molar-refractivity contribution in [3.05, 3.63) is 29.6 Å². The van der Waals surface area contributed by atoms with Gasteiger partial charge in [0, 0.05) is 18.7 Å². The maximum atomic E-state index is 13.7. The topological polar surface area (TPSA) is 70.5 Å². The van der Waals surface area contributed by atoms with E-state index in [-0.39, 0.29) is 11.6 Å². The van der Waals surface area contributed by atoms with Crippen LogP contribution in [-0.2, 0) is 11.3 Å². The summed E-state index contributed by atoms with van der Waals surface area (Å²) < 4.78 is 28.5. The Morgan fingerprint density at radius 2 is 2.11 bits per heavy atom. The zero-order valence-corrected chi connectivity index (χ0v) is 10.1. The fraction of sp³-hybridized carbons (Fsp3) is 0.250. The molecule has 0 aliphatic rings. The van der Waals surface area contributed by atoms with E-state index in [1.54, 1.807) is 13.2 Å². The average molecular weight is 252 g/mol. The van der Waals surface area contributed by atoms with Gasteiger partial charge in [-0.2, -0.15) is 0 Å². The van der Waals surface area contributed by atoms with Crippen molar-refractivity contribution < 1.29 is 18.4 Å². The number of hydrogen-bond acceptors (Lipinski definition) is 5. The van der Waals surface area contributed by atoms with Crippen molar-refractivity contribution in [1.82, 2.24) is 5.16 Å². The van der Waals surface area contributed by atoms with Crippen molar-refractivity contribution >= 4 is 5.88 Å². The highest BCUT2D eigenvalue weighted by atomic mass is 19.1. The minimum Gasteiger partial charge on any atom is -0.494 e. The van der Waals surface area contributed by atoms with Crippen molar-refractivity contribution in [3.8, 4) is 17.0 Å². The smallest absolute Gasteiger partial charge is 0.222 e. The molecule has 96 valence electrons. The summed E-state index contributed by atoms with van der Waals surface area (Å²) in [5.41, 5.74) is 7.22. The molecule has 0 bridgehead atoms. The van der Waals surface area contributed by atoms with Crippen LogP contribution in [0.5, 0.6) is 5.75 Å². The highest BCUT2D eigenvalue weighted by molar-refractivity contribution is 5.66. The van der Waals surface area contributed by atoms with E-state index in [0.29, 0.717) is 17.9 Å². The first kappa shape index (κ1) is 12.4. The number of nitrogens with two attached hydrogens (primary N) is 1. The second-order valence-electron chi connectivity index (χ2n) is 3.69. The molecule has 0 aliphatic heterocycles. The van der Waals surface area contributed by atoms with Crippen LogP contribution in [0.15, 0.2) is 22.7 Å². The monoisotopic (exact) mass is 252 g/mol. The second-order valence-corrected chi connectivity index (χ2v) is 3.69. The molecule has 2 rings (SSSR count). The number of ether oxygens (including phenoxy) is 2. The van der Waals surface area contributed by atoms with E-state index < -0.39 is 5.82 Å². The number of methoxy groups -OCH3 is 2. The Morgan fingerprint density at radius 3 is 2.67 bits per heavy atom. The molecule has 5 nitrogen and oxygen atoms in total. The Kier molecular flexibility index (Phi) is 3.47. The molecular weight excluding hydrogens is 239 g/mol. The molecule has 1 heterocycles. The van der Waals surface area contributed by atoms with Crippen LogP contribution in [0.2, 0.25) is 0 Å². The van der Waals surface area contributed by atoms with Gasteiger partial charge in [-0.05, 0) is 17.7 Å². The average Bonchev–Trinajstić information content (AvgIpc) is 2.78. The summed E-state index contributed by atoms with van der Waals surface area (Å²) in [5, 5.41) is 3.76. The first-order valence-corrected chi connectivity index (χ1v) is 5.23. The lowest BCUT2D eigenvalue weighted by molar-refractivity contribution is 0.185. The fourth-order valence-corrected chi connectivity index (χ4v) is 1.68. The fourth-order valence-electron chi connectivity index (χ4n) is 1.68. The summed E-state index contributed by atoms with van der Waals surface area (Å²) in [4.78, 5) is 0. The number of nitrogens with zero attached hydrogens (tertiary/aromatic N) is 1. The number of nitrogen functional groups attached to an aromatic ring is 1. The highest BCUT2D eigenvalue weighted by Gasteiger charge is 2.14. The van der Waals surface area contributed by atoms with Crippen LogP contribution in [0.4, 0.5) is 10.3 Å². The molecule has 0 saturated heterocycles. The van der Waals surface area contributed by atoms with E-state index in [1.807, 2.05) is 0 Å². The zero-order valence-electron chi connectivity index (χ0n) is 10.1. The molecule has 2 N–H and O–H groups in total. The molecule has 18 heavy (non-hydrogen) atoms. The van der Waals surface area contributed by atoms with E-state index in [4.69, 9.17) is 19.7 Å². The standard InChI is InChI=1S/C12H13FN2O3/c1-16-6-7-3-11(17-2)9(13)4-8(7)10-5-12(14)18-15-10/h3-5H,6,14H2,1-2H3. The molecule has 0 radical (unpaired) electrons. The van der Waals surface area contributed by atoms with E-state index in [9.17, 15) is 4.39 Å². The number of rotatable bonds is 4. The van der Waals surface area contributed by atoms with E-state index >= 15 is 0 Å². The molecule has 0 unspecified atom stereocenters. The molecule has 2 aromatic rings. The van der Waals surface area contributed by atoms with Crippen LogP contribution in [0.25, 0.3) is 11.3 Å². The van der Waals surface area contributed by atoms with Gasteiger partial charge in [0.2, 0.25) is 5.88 Å². The minimum absolute atomic E-state index is 0.155. The van der Waals surface area contributed by atoms with E-state index in [0.717, 1.165) is 5.56 Å². The summed E-state index contributed by atoms with van der Waals surface area (Å²) in [7, 11) is 2.96. The summed E-state index contributed by atoms with van der Waals surface area (Å²) in [6, 6.07) is 4.42. The van der Waals surface area contributed by atoms with Crippen LogP contribution in [0, 0.1) is 5.82 Å². The lowest BCUT2D eigenvalue weighted by Crippen LogP contribution is -1.97. The predicted octanol–water partition coefficient (Wildman–Crippen LogP) is 2.22. The van der Waals surface area contributed by atoms with Crippen LogP contribution < -0.4 is 10.5 Å².